The number of aromatic nitrogens is 2. The van der Waals surface area contributed by atoms with Crippen LogP contribution >= 0.6 is 0 Å². The van der Waals surface area contributed by atoms with Crippen LogP contribution in [0.5, 0.6) is 11.5 Å². The first kappa shape index (κ1) is 13.9. The Hall–Kier alpha value is -3.09. The lowest BCUT2D eigenvalue weighted by atomic mass is 10.2. The summed E-state index contributed by atoms with van der Waals surface area (Å²) in [6.45, 7) is 0. The van der Waals surface area contributed by atoms with Gasteiger partial charge in [-0.15, -0.1) is 0 Å². The minimum atomic E-state index is -0.478. The fourth-order valence-corrected chi connectivity index (χ4v) is 2.23. The number of methoxy groups -OCH3 is 2. The van der Waals surface area contributed by atoms with Crippen molar-refractivity contribution in [2.45, 2.75) is 0 Å². The molecule has 0 fully saturated rings. The first-order valence-corrected chi connectivity index (χ1v) is 6.49. The van der Waals surface area contributed by atoms with Gasteiger partial charge in [-0.05, 0) is 24.3 Å². The zero-order chi connectivity index (χ0) is 15.7. The molecule has 7 heteroatoms. The van der Waals surface area contributed by atoms with Crippen LogP contribution in [0.2, 0.25) is 0 Å². The molecule has 1 N–H and O–H groups in total. The molecule has 7 nitrogen and oxygen atoms in total. The smallest absolute Gasteiger partial charge is 0.311 e. The molecule has 0 aliphatic rings. The summed E-state index contributed by atoms with van der Waals surface area (Å²) in [5.41, 5.74) is 2.07. The highest BCUT2D eigenvalue weighted by Gasteiger charge is 2.17. The van der Waals surface area contributed by atoms with E-state index < -0.39 is 4.92 Å². The maximum absolute atomic E-state index is 11.1. The second kappa shape index (κ2) is 5.36. The summed E-state index contributed by atoms with van der Waals surface area (Å²) >= 11 is 0. The van der Waals surface area contributed by atoms with Crippen LogP contribution in [0.4, 0.5) is 5.69 Å². The predicted octanol–water partition coefficient (Wildman–Crippen LogP) is 3.16. The van der Waals surface area contributed by atoms with E-state index in [4.69, 9.17) is 9.47 Å². The number of nitro groups is 1. The van der Waals surface area contributed by atoms with Gasteiger partial charge in [-0.3, -0.25) is 10.1 Å². The molecule has 3 rings (SSSR count). The average Bonchev–Trinajstić information content (AvgIpc) is 2.96. The van der Waals surface area contributed by atoms with Crippen molar-refractivity contribution in [3.8, 4) is 22.9 Å². The van der Waals surface area contributed by atoms with Gasteiger partial charge in [-0.25, -0.2) is 4.98 Å². The first-order valence-electron chi connectivity index (χ1n) is 6.49. The SMILES string of the molecule is COc1ccc2nc(-c3ccc(OC)c([N+](=O)[O-])c3)[nH]c2c1. The van der Waals surface area contributed by atoms with Crippen LogP contribution in [-0.4, -0.2) is 29.1 Å². The lowest BCUT2D eigenvalue weighted by Gasteiger charge is -2.03. The number of nitrogens with one attached hydrogen (secondary N) is 1. The van der Waals surface area contributed by atoms with Gasteiger partial charge in [0.05, 0.1) is 30.2 Å². The minimum Gasteiger partial charge on any atom is -0.497 e. The molecule has 0 bridgehead atoms. The summed E-state index contributed by atoms with van der Waals surface area (Å²) in [6, 6.07) is 10.2. The van der Waals surface area contributed by atoms with Crippen LogP contribution in [0.3, 0.4) is 0 Å². The highest BCUT2D eigenvalue weighted by Crippen LogP contribution is 2.32. The number of fused-ring (bicyclic) bond motifs is 1. The van der Waals surface area contributed by atoms with Crippen LogP contribution in [-0.2, 0) is 0 Å². The Morgan fingerprint density at radius 3 is 2.64 bits per heavy atom. The third-order valence-electron chi connectivity index (χ3n) is 3.34. The summed E-state index contributed by atoms with van der Waals surface area (Å²) < 4.78 is 10.2. The monoisotopic (exact) mass is 299 g/mol. The van der Waals surface area contributed by atoms with Crippen molar-refractivity contribution >= 4 is 16.7 Å². The van der Waals surface area contributed by atoms with Gasteiger partial charge in [0, 0.05) is 17.7 Å². The fourth-order valence-electron chi connectivity index (χ4n) is 2.23. The summed E-state index contributed by atoms with van der Waals surface area (Å²) in [4.78, 5) is 18.2. The highest BCUT2D eigenvalue weighted by molar-refractivity contribution is 5.81. The van der Waals surface area contributed by atoms with Gasteiger partial charge in [0.2, 0.25) is 0 Å². The van der Waals surface area contributed by atoms with Crippen LogP contribution in [0, 0.1) is 10.1 Å². The largest absolute Gasteiger partial charge is 0.497 e. The van der Waals surface area contributed by atoms with E-state index in [9.17, 15) is 10.1 Å². The van der Waals surface area contributed by atoms with Crippen molar-refractivity contribution < 1.29 is 14.4 Å². The molecular formula is C15H13N3O4. The number of hydrogen-bond donors (Lipinski definition) is 1. The molecule has 0 aliphatic heterocycles. The molecule has 0 unspecified atom stereocenters. The van der Waals surface area contributed by atoms with E-state index >= 15 is 0 Å². The fraction of sp³-hybridized carbons (Fsp3) is 0.133. The molecule has 0 spiro atoms. The number of imidazole rings is 1. The summed E-state index contributed by atoms with van der Waals surface area (Å²) in [5, 5.41) is 11.1. The quantitative estimate of drug-likeness (QED) is 0.590. The summed E-state index contributed by atoms with van der Waals surface area (Å²) in [7, 11) is 2.99. The van der Waals surface area contributed by atoms with E-state index in [2.05, 4.69) is 9.97 Å². The number of H-pyrrole nitrogens is 1. The van der Waals surface area contributed by atoms with Gasteiger partial charge in [0.1, 0.15) is 11.6 Å². The van der Waals surface area contributed by atoms with Crippen molar-refractivity contribution in [1.29, 1.82) is 0 Å². The Morgan fingerprint density at radius 2 is 1.95 bits per heavy atom. The van der Waals surface area contributed by atoms with E-state index in [-0.39, 0.29) is 11.4 Å². The number of nitro benzene ring substituents is 1. The first-order chi connectivity index (χ1) is 10.6. The minimum absolute atomic E-state index is 0.0990. The summed E-state index contributed by atoms with van der Waals surface area (Å²) in [5.74, 6) is 1.48. The molecule has 1 aromatic heterocycles. The van der Waals surface area contributed by atoms with Crippen molar-refractivity contribution in [3.05, 3.63) is 46.5 Å². The zero-order valence-electron chi connectivity index (χ0n) is 12.0. The number of benzene rings is 2. The Balaban J connectivity index is 2.10. The third kappa shape index (κ3) is 2.32. The molecule has 0 radical (unpaired) electrons. The third-order valence-corrected chi connectivity index (χ3v) is 3.34. The van der Waals surface area contributed by atoms with Crippen molar-refractivity contribution in [3.63, 3.8) is 0 Å². The van der Waals surface area contributed by atoms with Gasteiger partial charge in [-0.2, -0.15) is 0 Å². The second-order valence-electron chi connectivity index (χ2n) is 4.61. The van der Waals surface area contributed by atoms with Gasteiger partial charge in [-0.1, -0.05) is 0 Å². The zero-order valence-corrected chi connectivity index (χ0v) is 12.0. The van der Waals surface area contributed by atoms with E-state index in [1.807, 2.05) is 18.2 Å². The van der Waals surface area contributed by atoms with E-state index in [0.29, 0.717) is 17.1 Å². The van der Waals surface area contributed by atoms with Crippen molar-refractivity contribution in [2.24, 2.45) is 0 Å². The molecule has 2 aromatic carbocycles. The number of nitrogens with zero attached hydrogens (tertiary/aromatic N) is 2. The van der Waals surface area contributed by atoms with Crippen LogP contribution in [0.1, 0.15) is 0 Å². The number of ether oxygens (including phenoxy) is 2. The maximum Gasteiger partial charge on any atom is 0.311 e. The Morgan fingerprint density at radius 1 is 1.14 bits per heavy atom. The molecule has 0 saturated carbocycles. The molecule has 22 heavy (non-hydrogen) atoms. The van der Waals surface area contributed by atoms with Crippen molar-refractivity contribution in [2.75, 3.05) is 14.2 Å². The van der Waals surface area contributed by atoms with E-state index in [0.717, 1.165) is 11.0 Å². The van der Waals surface area contributed by atoms with Gasteiger partial charge >= 0.3 is 5.69 Å². The average molecular weight is 299 g/mol. The van der Waals surface area contributed by atoms with Crippen LogP contribution in [0.25, 0.3) is 22.4 Å². The molecular weight excluding hydrogens is 286 g/mol. The van der Waals surface area contributed by atoms with Gasteiger partial charge < -0.3 is 14.5 Å². The van der Waals surface area contributed by atoms with E-state index in [1.165, 1.54) is 13.2 Å². The normalized spacial score (nSPS) is 10.6. The van der Waals surface area contributed by atoms with Gasteiger partial charge in [0.25, 0.3) is 0 Å². The molecule has 0 aliphatic carbocycles. The molecule has 1 heterocycles. The van der Waals surface area contributed by atoms with Crippen LogP contribution < -0.4 is 9.47 Å². The number of hydrogen-bond acceptors (Lipinski definition) is 5. The number of aromatic amines is 1. The maximum atomic E-state index is 11.1. The Labute approximate surface area is 125 Å². The van der Waals surface area contributed by atoms with Crippen LogP contribution in [0.15, 0.2) is 36.4 Å². The topological polar surface area (TPSA) is 90.3 Å². The van der Waals surface area contributed by atoms with Gasteiger partial charge in [0.15, 0.2) is 5.75 Å². The summed E-state index contributed by atoms with van der Waals surface area (Å²) in [6.07, 6.45) is 0. The molecule has 0 saturated heterocycles. The standard InChI is InChI=1S/C15H13N3O4/c1-21-10-4-5-11-12(8-10)17-15(16-11)9-3-6-14(22-2)13(7-9)18(19)20/h3-8H,1-2H3,(H,16,17). The Bertz CT molecular complexity index is 857. The molecule has 0 amide bonds. The lowest BCUT2D eigenvalue weighted by Crippen LogP contribution is -1.94. The highest BCUT2D eigenvalue weighted by atomic mass is 16.6. The molecule has 0 atom stereocenters. The Kier molecular flexibility index (Phi) is 3.38. The van der Waals surface area contributed by atoms with Crippen molar-refractivity contribution in [1.82, 2.24) is 9.97 Å². The molecule has 3 aromatic rings. The second-order valence-corrected chi connectivity index (χ2v) is 4.61. The van der Waals surface area contributed by atoms with E-state index in [1.54, 1.807) is 19.2 Å². The number of rotatable bonds is 4. The molecule has 112 valence electrons. The lowest BCUT2D eigenvalue weighted by molar-refractivity contribution is -0.385. The predicted molar refractivity (Wildman–Crippen MR) is 81.3 cm³/mol.